The fourth-order valence-corrected chi connectivity index (χ4v) is 1.35. The zero-order chi connectivity index (χ0) is 12.8. The molecular formula is C12H17F2NO2. The summed E-state index contributed by atoms with van der Waals surface area (Å²) in [6.07, 6.45) is 0.0228. The van der Waals surface area contributed by atoms with Crippen molar-refractivity contribution in [3.05, 3.63) is 24.3 Å². The Hall–Kier alpha value is -1.36. The van der Waals surface area contributed by atoms with Crippen LogP contribution in [0.3, 0.4) is 0 Å². The van der Waals surface area contributed by atoms with Crippen molar-refractivity contribution >= 4 is 5.69 Å². The Morgan fingerprint density at radius 1 is 1.24 bits per heavy atom. The van der Waals surface area contributed by atoms with Crippen LogP contribution in [0.2, 0.25) is 0 Å². The summed E-state index contributed by atoms with van der Waals surface area (Å²) in [6, 6.07) is 6.54. The highest BCUT2D eigenvalue weighted by atomic mass is 19.3. The molecule has 1 aromatic carbocycles. The minimum atomic E-state index is -2.81. The van der Waals surface area contributed by atoms with Gasteiger partial charge >= 0.3 is 6.61 Å². The standard InChI is InChI=1S/C12H17F2NO2/c1-8(9(2)16-3)15-10-5-4-6-11(7-10)17-12(13)14/h4-9,12,15H,1-3H3. The summed E-state index contributed by atoms with van der Waals surface area (Å²) in [6.45, 7) is 1.08. The fraction of sp³-hybridized carbons (Fsp3) is 0.500. The lowest BCUT2D eigenvalue weighted by Gasteiger charge is -2.21. The van der Waals surface area contributed by atoms with Crippen molar-refractivity contribution in [1.82, 2.24) is 0 Å². The molecule has 0 aliphatic rings. The van der Waals surface area contributed by atoms with Crippen LogP contribution in [0.1, 0.15) is 13.8 Å². The zero-order valence-corrected chi connectivity index (χ0v) is 10.1. The van der Waals surface area contributed by atoms with E-state index >= 15 is 0 Å². The Bertz CT molecular complexity index is 347. The third kappa shape index (κ3) is 4.56. The first-order valence-electron chi connectivity index (χ1n) is 5.37. The van der Waals surface area contributed by atoms with Crippen LogP contribution in [0.5, 0.6) is 5.75 Å². The van der Waals surface area contributed by atoms with E-state index in [-0.39, 0.29) is 17.9 Å². The van der Waals surface area contributed by atoms with Gasteiger partial charge in [0.25, 0.3) is 0 Å². The van der Waals surface area contributed by atoms with Gasteiger partial charge in [0, 0.05) is 24.9 Å². The Morgan fingerprint density at radius 3 is 2.53 bits per heavy atom. The highest BCUT2D eigenvalue weighted by Gasteiger charge is 2.11. The molecule has 1 aromatic rings. The number of hydrogen-bond acceptors (Lipinski definition) is 3. The van der Waals surface area contributed by atoms with Crippen molar-refractivity contribution in [2.24, 2.45) is 0 Å². The summed E-state index contributed by atoms with van der Waals surface area (Å²) >= 11 is 0. The molecule has 5 heteroatoms. The first kappa shape index (κ1) is 13.7. The highest BCUT2D eigenvalue weighted by Crippen LogP contribution is 2.20. The number of hydrogen-bond donors (Lipinski definition) is 1. The van der Waals surface area contributed by atoms with Gasteiger partial charge in [0.15, 0.2) is 0 Å². The first-order chi connectivity index (χ1) is 8.02. The summed E-state index contributed by atoms with van der Waals surface area (Å²) in [7, 11) is 1.62. The van der Waals surface area contributed by atoms with Gasteiger partial charge in [-0.3, -0.25) is 0 Å². The van der Waals surface area contributed by atoms with Crippen molar-refractivity contribution in [1.29, 1.82) is 0 Å². The van der Waals surface area contributed by atoms with Crippen molar-refractivity contribution in [2.75, 3.05) is 12.4 Å². The average molecular weight is 245 g/mol. The van der Waals surface area contributed by atoms with Gasteiger partial charge in [0.2, 0.25) is 0 Å². The molecule has 0 radical (unpaired) electrons. The second-order valence-corrected chi connectivity index (χ2v) is 3.78. The molecule has 0 saturated carbocycles. The molecule has 2 atom stereocenters. The SMILES string of the molecule is COC(C)C(C)Nc1cccc(OC(F)F)c1. The first-order valence-corrected chi connectivity index (χ1v) is 5.37. The summed E-state index contributed by atoms with van der Waals surface area (Å²) in [5.41, 5.74) is 0.722. The van der Waals surface area contributed by atoms with Crippen LogP contribution in [-0.2, 0) is 4.74 Å². The minimum absolute atomic E-state index is 0.0228. The molecule has 0 aliphatic carbocycles. The molecule has 1 N–H and O–H groups in total. The summed E-state index contributed by atoms with van der Waals surface area (Å²) in [5, 5.41) is 3.16. The smallest absolute Gasteiger partial charge is 0.387 e. The molecule has 0 heterocycles. The largest absolute Gasteiger partial charge is 0.435 e. The van der Waals surface area contributed by atoms with E-state index in [4.69, 9.17) is 4.74 Å². The van der Waals surface area contributed by atoms with Gasteiger partial charge in [0.1, 0.15) is 5.75 Å². The number of nitrogens with one attached hydrogen (secondary N) is 1. The second-order valence-electron chi connectivity index (χ2n) is 3.78. The van der Waals surface area contributed by atoms with Crippen LogP contribution >= 0.6 is 0 Å². The number of ether oxygens (including phenoxy) is 2. The second kappa shape index (κ2) is 6.39. The van der Waals surface area contributed by atoms with Gasteiger partial charge < -0.3 is 14.8 Å². The molecule has 17 heavy (non-hydrogen) atoms. The quantitative estimate of drug-likeness (QED) is 0.835. The van der Waals surface area contributed by atoms with Gasteiger partial charge in [-0.1, -0.05) is 6.07 Å². The van der Waals surface area contributed by atoms with E-state index in [0.29, 0.717) is 0 Å². The van der Waals surface area contributed by atoms with Crippen LogP contribution in [0.15, 0.2) is 24.3 Å². The van der Waals surface area contributed by atoms with E-state index in [2.05, 4.69) is 10.1 Å². The van der Waals surface area contributed by atoms with E-state index in [9.17, 15) is 8.78 Å². The molecule has 3 nitrogen and oxygen atoms in total. The van der Waals surface area contributed by atoms with Crippen LogP contribution in [-0.4, -0.2) is 25.9 Å². The maximum atomic E-state index is 12.0. The van der Waals surface area contributed by atoms with Crippen molar-refractivity contribution in [3.8, 4) is 5.75 Å². The highest BCUT2D eigenvalue weighted by molar-refractivity contribution is 5.48. The molecule has 0 aromatic heterocycles. The Labute approximate surface area is 99.7 Å². The molecule has 0 bridgehead atoms. The van der Waals surface area contributed by atoms with Crippen molar-refractivity contribution in [3.63, 3.8) is 0 Å². The number of halogens is 2. The predicted octanol–water partition coefficient (Wildman–Crippen LogP) is 3.12. The molecular weight excluding hydrogens is 228 g/mol. The third-order valence-corrected chi connectivity index (χ3v) is 2.53. The topological polar surface area (TPSA) is 30.5 Å². The van der Waals surface area contributed by atoms with Crippen LogP contribution in [0.4, 0.5) is 14.5 Å². The molecule has 0 aliphatic heterocycles. The van der Waals surface area contributed by atoms with Crippen LogP contribution < -0.4 is 10.1 Å². The van der Waals surface area contributed by atoms with Crippen molar-refractivity contribution < 1.29 is 18.3 Å². The summed E-state index contributed by atoms with van der Waals surface area (Å²) in [5.74, 6) is 0.141. The lowest BCUT2D eigenvalue weighted by Crippen LogP contribution is -2.29. The van der Waals surface area contributed by atoms with E-state index in [1.165, 1.54) is 12.1 Å². The molecule has 2 unspecified atom stereocenters. The molecule has 96 valence electrons. The predicted molar refractivity (Wildman–Crippen MR) is 62.6 cm³/mol. The average Bonchev–Trinajstić information content (AvgIpc) is 2.27. The molecule has 0 spiro atoms. The lowest BCUT2D eigenvalue weighted by atomic mass is 10.2. The maximum absolute atomic E-state index is 12.0. The van der Waals surface area contributed by atoms with Gasteiger partial charge in [-0.15, -0.1) is 0 Å². The fourth-order valence-electron chi connectivity index (χ4n) is 1.35. The molecule has 0 amide bonds. The van der Waals surface area contributed by atoms with E-state index in [1.54, 1.807) is 19.2 Å². The summed E-state index contributed by atoms with van der Waals surface area (Å²) < 4.78 is 33.6. The zero-order valence-electron chi connectivity index (χ0n) is 10.1. The lowest BCUT2D eigenvalue weighted by molar-refractivity contribution is -0.0498. The molecule has 1 rings (SSSR count). The number of alkyl halides is 2. The number of methoxy groups -OCH3 is 1. The third-order valence-electron chi connectivity index (χ3n) is 2.53. The van der Waals surface area contributed by atoms with Gasteiger partial charge in [-0.2, -0.15) is 8.78 Å². The molecule has 0 fully saturated rings. The van der Waals surface area contributed by atoms with Crippen LogP contribution in [0, 0.1) is 0 Å². The van der Waals surface area contributed by atoms with E-state index < -0.39 is 6.61 Å². The Morgan fingerprint density at radius 2 is 1.94 bits per heavy atom. The Kier molecular flexibility index (Phi) is 5.15. The number of benzene rings is 1. The van der Waals surface area contributed by atoms with E-state index in [0.717, 1.165) is 5.69 Å². The van der Waals surface area contributed by atoms with Gasteiger partial charge in [0.05, 0.1) is 6.10 Å². The van der Waals surface area contributed by atoms with Gasteiger partial charge in [-0.05, 0) is 26.0 Å². The van der Waals surface area contributed by atoms with E-state index in [1.807, 2.05) is 13.8 Å². The van der Waals surface area contributed by atoms with Crippen molar-refractivity contribution in [2.45, 2.75) is 32.6 Å². The Balaban J connectivity index is 2.65. The normalized spacial score (nSPS) is 14.5. The number of rotatable bonds is 6. The molecule has 0 saturated heterocycles. The van der Waals surface area contributed by atoms with Crippen LogP contribution in [0.25, 0.3) is 0 Å². The monoisotopic (exact) mass is 245 g/mol. The van der Waals surface area contributed by atoms with Gasteiger partial charge in [-0.25, -0.2) is 0 Å². The maximum Gasteiger partial charge on any atom is 0.387 e. The minimum Gasteiger partial charge on any atom is -0.435 e. The summed E-state index contributed by atoms with van der Waals surface area (Å²) in [4.78, 5) is 0. The number of anilines is 1.